The third-order valence-electron chi connectivity index (χ3n) is 0.581. The molecular weight excluding hydrogens is 120 g/mol. The predicted molar refractivity (Wildman–Crippen MR) is 37.5 cm³/mol. The van der Waals surface area contributed by atoms with E-state index >= 15 is 0 Å². The topological polar surface area (TPSA) is 9.23 Å². The Bertz CT molecular complexity index is 121. The fourth-order valence-electron chi connectivity index (χ4n) is 0.196. The van der Waals surface area contributed by atoms with Crippen molar-refractivity contribution in [1.82, 2.24) is 0 Å². The highest BCUT2D eigenvalue weighted by molar-refractivity contribution is 7.81. The van der Waals surface area contributed by atoms with Crippen molar-refractivity contribution in [2.45, 2.75) is 11.9 Å². The van der Waals surface area contributed by atoms with Gasteiger partial charge in [0, 0.05) is 0 Å². The molecule has 0 heterocycles. The van der Waals surface area contributed by atoms with Crippen molar-refractivity contribution in [2.24, 2.45) is 0 Å². The summed E-state index contributed by atoms with van der Waals surface area (Å²) in [6, 6.07) is 0. The molecule has 0 fully saturated rings. The monoisotopic (exact) mass is 128 g/mol. The molecule has 0 radical (unpaired) electrons. The van der Waals surface area contributed by atoms with Crippen molar-refractivity contribution >= 4 is 12.6 Å². The van der Waals surface area contributed by atoms with E-state index in [1.165, 1.54) is 6.26 Å². The number of terminal acetylenes is 1. The summed E-state index contributed by atoms with van der Waals surface area (Å²) < 4.78 is 4.77. The molecule has 0 aromatic heterocycles. The Hall–Kier alpha value is -0.550. The van der Waals surface area contributed by atoms with Gasteiger partial charge in [0.1, 0.15) is 0 Å². The zero-order valence-corrected chi connectivity index (χ0v) is 5.61. The zero-order valence-electron chi connectivity index (χ0n) is 4.72. The average molecular weight is 128 g/mol. The summed E-state index contributed by atoms with van der Waals surface area (Å²) in [6.07, 6.45) is 6.26. The van der Waals surface area contributed by atoms with Gasteiger partial charge in [-0.25, -0.2) is 0 Å². The van der Waals surface area contributed by atoms with Crippen LogP contribution >= 0.6 is 12.6 Å². The van der Waals surface area contributed by atoms with E-state index in [-0.39, 0.29) is 0 Å². The van der Waals surface area contributed by atoms with Gasteiger partial charge in [-0.3, -0.25) is 0 Å². The molecule has 8 heavy (non-hydrogen) atoms. The van der Waals surface area contributed by atoms with Crippen molar-refractivity contribution in [2.75, 3.05) is 0 Å². The molecule has 1 atom stereocenters. The van der Waals surface area contributed by atoms with Crippen LogP contribution in [0.3, 0.4) is 0 Å². The minimum atomic E-state index is -0.804. The fraction of sp³-hybridized carbons (Fsp3) is 0.333. The molecule has 0 aromatic rings. The van der Waals surface area contributed by atoms with Crippen LogP contribution in [0.4, 0.5) is 0 Å². The van der Waals surface area contributed by atoms with Gasteiger partial charge in [-0.05, 0) is 12.8 Å². The minimum Gasteiger partial charge on any atom is -0.474 e. The second-order valence-corrected chi connectivity index (χ2v) is 2.27. The summed E-state index contributed by atoms with van der Waals surface area (Å²) >= 11 is 3.94. The summed E-state index contributed by atoms with van der Waals surface area (Å²) in [5.41, 5.74) is 0. The van der Waals surface area contributed by atoms with Crippen LogP contribution in [0.5, 0.6) is 0 Å². The lowest BCUT2D eigenvalue weighted by Gasteiger charge is -2.14. The predicted octanol–water partition coefficient (Wildman–Crippen LogP) is 1.43. The van der Waals surface area contributed by atoms with Gasteiger partial charge in [0.05, 0.1) is 6.26 Å². The van der Waals surface area contributed by atoms with Crippen LogP contribution in [0, 0.1) is 12.3 Å². The Morgan fingerprint density at radius 1 is 2.00 bits per heavy atom. The summed E-state index contributed by atoms with van der Waals surface area (Å²) in [7, 11) is 0. The quantitative estimate of drug-likeness (QED) is 0.256. The molecule has 0 aliphatic rings. The number of hydrogen-bond donors (Lipinski definition) is 1. The zero-order chi connectivity index (χ0) is 6.62. The van der Waals surface area contributed by atoms with E-state index in [4.69, 9.17) is 11.2 Å². The first kappa shape index (κ1) is 7.45. The van der Waals surface area contributed by atoms with Gasteiger partial charge in [0.2, 0.25) is 4.93 Å². The van der Waals surface area contributed by atoms with E-state index in [1.54, 1.807) is 6.92 Å². The molecule has 0 spiro atoms. The number of ether oxygens (including phenoxy) is 1. The molecule has 0 saturated carbocycles. The van der Waals surface area contributed by atoms with E-state index in [1.807, 2.05) is 0 Å². The third kappa shape index (κ3) is 2.59. The molecule has 44 valence electrons. The van der Waals surface area contributed by atoms with E-state index in [0.717, 1.165) is 0 Å². The summed E-state index contributed by atoms with van der Waals surface area (Å²) in [5.74, 6) is 2.31. The first-order valence-corrected chi connectivity index (χ1v) is 2.56. The van der Waals surface area contributed by atoms with Crippen LogP contribution in [-0.2, 0) is 4.74 Å². The molecule has 0 aliphatic carbocycles. The molecule has 0 amide bonds. The molecule has 0 bridgehead atoms. The maximum absolute atomic E-state index is 4.99. The van der Waals surface area contributed by atoms with Crippen LogP contribution in [-0.4, -0.2) is 4.93 Å². The highest BCUT2D eigenvalue weighted by atomic mass is 32.1. The number of rotatable bonds is 2. The second-order valence-electron chi connectivity index (χ2n) is 1.41. The molecule has 0 N–H and O–H groups in total. The van der Waals surface area contributed by atoms with Crippen LogP contribution in [0.15, 0.2) is 12.8 Å². The molecular formula is C6H8OS. The Balaban J connectivity index is 3.76. The first-order valence-electron chi connectivity index (χ1n) is 2.11. The summed E-state index contributed by atoms with van der Waals surface area (Å²) in [6.45, 7) is 4.99. The van der Waals surface area contributed by atoms with Gasteiger partial charge in [0.25, 0.3) is 0 Å². The highest BCUT2D eigenvalue weighted by Gasteiger charge is 2.12. The molecule has 0 saturated heterocycles. The fourth-order valence-corrected chi connectivity index (χ4v) is 0.271. The van der Waals surface area contributed by atoms with Crippen molar-refractivity contribution in [3.05, 3.63) is 12.8 Å². The molecule has 0 aromatic carbocycles. The van der Waals surface area contributed by atoms with Gasteiger partial charge < -0.3 is 4.74 Å². The second kappa shape index (κ2) is 2.68. The van der Waals surface area contributed by atoms with Gasteiger partial charge in [-0.1, -0.05) is 6.58 Å². The Labute approximate surface area is 55.1 Å². The molecule has 1 nitrogen and oxygen atoms in total. The Kier molecular flexibility index (Phi) is 2.50. The molecule has 2 heteroatoms. The average Bonchev–Trinajstić information content (AvgIpc) is 1.67. The normalized spacial score (nSPS) is 15.6. The third-order valence-corrected chi connectivity index (χ3v) is 0.815. The van der Waals surface area contributed by atoms with Crippen molar-refractivity contribution in [3.8, 4) is 12.3 Å². The lowest BCUT2D eigenvalue weighted by molar-refractivity contribution is 0.185. The van der Waals surface area contributed by atoms with Crippen molar-refractivity contribution < 1.29 is 4.74 Å². The molecule has 0 aliphatic heterocycles. The summed E-state index contributed by atoms with van der Waals surface area (Å²) in [4.78, 5) is -0.804. The van der Waals surface area contributed by atoms with Crippen molar-refractivity contribution in [1.29, 1.82) is 0 Å². The summed E-state index contributed by atoms with van der Waals surface area (Å²) in [5, 5.41) is 0. The SMILES string of the molecule is C#CC(C)(S)OC=C. The Morgan fingerprint density at radius 2 is 2.50 bits per heavy atom. The van der Waals surface area contributed by atoms with Crippen molar-refractivity contribution in [3.63, 3.8) is 0 Å². The number of hydrogen-bond acceptors (Lipinski definition) is 2. The maximum Gasteiger partial charge on any atom is 0.209 e. The maximum atomic E-state index is 4.99. The lowest BCUT2D eigenvalue weighted by Crippen LogP contribution is -2.14. The molecule has 0 rings (SSSR count). The van der Waals surface area contributed by atoms with Gasteiger partial charge in [-0.15, -0.1) is 19.1 Å². The number of thiol groups is 1. The highest BCUT2D eigenvalue weighted by Crippen LogP contribution is 2.12. The first-order chi connectivity index (χ1) is 3.62. The molecule has 1 unspecified atom stereocenters. The van der Waals surface area contributed by atoms with E-state index in [2.05, 4.69) is 25.1 Å². The van der Waals surface area contributed by atoms with E-state index in [0.29, 0.717) is 0 Å². The van der Waals surface area contributed by atoms with Crippen LogP contribution < -0.4 is 0 Å². The van der Waals surface area contributed by atoms with Crippen LogP contribution in [0.2, 0.25) is 0 Å². The van der Waals surface area contributed by atoms with E-state index < -0.39 is 4.93 Å². The lowest BCUT2D eigenvalue weighted by atomic mass is 10.4. The standard InChI is InChI=1S/C6H8OS/c1-4-6(3,8)7-5-2/h1,5,8H,2H2,3H3. The van der Waals surface area contributed by atoms with Crippen LogP contribution in [0.1, 0.15) is 6.92 Å². The Morgan fingerprint density at radius 3 is 2.62 bits per heavy atom. The van der Waals surface area contributed by atoms with Gasteiger partial charge >= 0.3 is 0 Å². The van der Waals surface area contributed by atoms with Gasteiger partial charge in [-0.2, -0.15) is 0 Å². The minimum absolute atomic E-state index is 0.804. The van der Waals surface area contributed by atoms with Gasteiger partial charge in [0.15, 0.2) is 0 Å². The largest absolute Gasteiger partial charge is 0.474 e. The van der Waals surface area contributed by atoms with E-state index in [9.17, 15) is 0 Å². The smallest absolute Gasteiger partial charge is 0.209 e. The van der Waals surface area contributed by atoms with Crippen LogP contribution in [0.25, 0.3) is 0 Å².